The summed E-state index contributed by atoms with van der Waals surface area (Å²) in [6, 6.07) is 10.7. The predicted molar refractivity (Wildman–Crippen MR) is 86.7 cm³/mol. The average Bonchev–Trinajstić information content (AvgIpc) is 3.07. The Balaban J connectivity index is 2.07. The first kappa shape index (κ1) is 13.4. The lowest BCUT2D eigenvalue weighted by atomic mass is 10.0. The van der Waals surface area contributed by atoms with Gasteiger partial charge in [-0.3, -0.25) is 0 Å². The van der Waals surface area contributed by atoms with Gasteiger partial charge in [0.05, 0.1) is 5.71 Å². The molecule has 3 heteroatoms. The van der Waals surface area contributed by atoms with Crippen molar-refractivity contribution in [2.45, 2.75) is 39.0 Å². The van der Waals surface area contributed by atoms with Crippen molar-refractivity contribution < 1.29 is 5.21 Å². The van der Waals surface area contributed by atoms with E-state index in [0.29, 0.717) is 0 Å². The van der Waals surface area contributed by atoms with Crippen molar-refractivity contribution >= 4 is 32.7 Å². The molecule has 1 N–H and O–H groups in total. The van der Waals surface area contributed by atoms with Crippen LogP contribution >= 0.6 is 11.3 Å². The molecule has 0 aliphatic heterocycles. The van der Waals surface area contributed by atoms with Crippen LogP contribution in [0.5, 0.6) is 0 Å². The van der Waals surface area contributed by atoms with Crippen LogP contribution in [-0.2, 0) is 0 Å². The summed E-state index contributed by atoms with van der Waals surface area (Å²) >= 11 is 1.80. The van der Waals surface area contributed by atoms with Gasteiger partial charge in [0, 0.05) is 15.2 Å². The Labute approximate surface area is 123 Å². The SMILES string of the molecule is CCCCC1=C(c2cc3ccccc3s2)/C(=N/O)CC1. The minimum Gasteiger partial charge on any atom is -0.411 e. The van der Waals surface area contributed by atoms with E-state index in [1.165, 1.54) is 39.0 Å². The number of thiophene rings is 1. The molecule has 3 rings (SSSR count). The minimum atomic E-state index is 0.864. The number of benzene rings is 1. The van der Waals surface area contributed by atoms with Crippen LogP contribution in [0.15, 0.2) is 41.1 Å². The fraction of sp³-hybridized carbons (Fsp3) is 0.353. The van der Waals surface area contributed by atoms with Gasteiger partial charge in [0.15, 0.2) is 0 Å². The van der Waals surface area contributed by atoms with E-state index in [-0.39, 0.29) is 0 Å². The first-order valence-electron chi connectivity index (χ1n) is 7.25. The topological polar surface area (TPSA) is 32.6 Å². The lowest BCUT2D eigenvalue weighted by Gasteiger charge is -2.05. The van der Waals surface area contributed by atoms with E-state index in [1.807, 2.05) is 0 Å². The molecule has 0 fully saturated rings. The van der Waals surface area contributed by atoms with Crippen molar-refractivity contribution in [1.29, 1.82) is 0 Å². The monoisotopic (exact) mass is 285 g/mol. The molecule has 104 valence electrons. The van der Waals surface area contributed by atoms with Crippen LogP contribution in [0.1, 0.15) is 43.9 Å². The Kier molecular flexibility index (Phi) is 3.88. The van der Waals surface area contributed by atoms with Crippen LogP contribution < -0.4 is 0 Å². The first-order valence-corrected chi connectivity index (χ1v) is 8.07. The molecule has 0 atom stereocenters. The summed E-state index contributed by atoms with van der Waals surface area (Å²) in [5, 5.41) is 14.1. The first-order chi connectivity index (χ1) is 9.83. The molecule has 0 amide bonds. The zero-order valence-electron chi connectivity index (χ0n) is 11.7. The average molecular weight is 285 g/mol. The highest BCUT2D eigenvalue weighted by atomic mass is 32.1. The van der Waals surface area contributed by atoms with Crippen LogP contribution in [0, 0.1) is 0 Å². The number of hydrogen-bond donors (Lipinski definition) is 1. The molecule has 2 aromatic rings. The van der Waals surface area contributed by atoms with Crippen LogP contribution in [0.4, 0.5) is 0 Å². The second kappa shape index (κ2) is 5.80. The fourth-order valence-corrected chi connectivity index (χ4v) is 4.06. The van der Waals surface area contributed by atoms with Gasteiger partial charge in [-0.25, -0.2) is 0 Å². The molecular weight excluding hydrogens is 266 g/mol. The molecule has 0 saturated carbocycles. The quantitative estimate of drug-likeness (QED) is 0.586. The predicted octanol–water partition coefficient (Wildman–Crippen LogP) is 5.47. The van der Waals surface area contributed by atoms with Crippen molar-refractivity contribution in [3.63, 3.8) is 0 Å². The Morgan fingerprint density at radius 3 is 2.85 bits per heavy atom. The molecule has 2 nitrogen and oxygen atoms in total. The lowest BCUT2D eigenvalue weighted by molar-refractivity contribution is 0.319. The van der Waals surface area contributed by atoms with Gasteiger partial charge >= 0.3 is 0 Å². The van der Waals surface area contributed by atoms with Gasteiger partial charge in [-0.15, -0.1) is 11.3 Å². The summed E-state index contributed by atoms with van der Waals surface area (Å²) in [4.78, 5) is 1.25. The molecule has 1 aromatic heterocycles. The smallest absolute Gasteiger partial charge is 0.0884 e. The van der Waals surface area contributed by atoms with Crippen LogP contribution in [0.2, 0.25) is 0 Å². The summed E-state index contributed by atoms with van der Waals surface area (Å²) in [7, 11) is 0. The Bertz CT molecular complexity index is 648. The van der Waals surface area contributed by atoms with E-state index in [2.05, 4.69) is 42.4 Å². The summed E-state index contributed by atoms with van der Waals surface area (Å²) in [5.74, 6) is 0. The summed E-state index contributed by atoms with van der Waals surface area (Å²) in [6.07, 6.45) is 5.46. The third-order valence-electron chi connectivity index (χ3n) is 3.93. The van der Waals surface area contributed by atoms with E-state index in [9.17, 15) is 5.21 Å². The van der Waals surface area contributed by atoms with Gasteiger partial charge in [0.1, 0.15) is 0 Å². The zero-order chi connectivity index (χ0) is 13.9. The molecule has 0 spiro atoms. The molecule has 0 bridgehead atoms. The minimum absolute atomic E-state index is 0.864. The molecule has 1 aromatic carbocycles. The van der Waals surface area contributed by atoms with Crippen LogP contribution in [-0.4, -0.2) is 10.9 Å². The number of unbranched alkanes of at least 4 members (excludes halogenated alkanes) is 1. The summed E-state index contributed by atoms with van der Waals surface area (Å²) in [6.45, 7) is 2.22. The number of nitrogens with zero attached hydrogens (tertiary/aromatic N) is 1. The third kappa shape index (κ3) is 2.38. The number of hydrogen-bond acceptors (Lipinski definition) is 3. The number of oxime groups is 1. The molecule has 1 heterocycles. The van der Waals surface area contributed by atoms with Crippen molar-refractivity contribution in [3.05, 3.63) is 40.8 Å². The maximum atomic E-state index is 9.27. The molecule has 0 unspecified atom stereocenters. The molecule has 1 aliphatic carbocycles. The van der Waals surface area contributed by atoms with E-state index in [1.54, 1.807) is 11.3 Å². The van der Waals surface area contributed by atoms with Crippen molar-refractivity contribution in [2.24, 2.45) is 5.16 Å². The second-order valence-electron chi connectivity index (χ2n) is 5.28. The van der Waals surface area contributed by atoms with Crippen molar-refractivity contribution in [2.75, 3.05) is 0 Å². The molecule has 0 radical (unpaired) electrons. The van der Waals surface area contributed by atoms with Gasteiger partial charge in [-0.1, -0.05) is 42.3 Å². The van der Waals surface area contributed by atoms with Crippen molar-refractivity contribution in [1.82, 2.24) is 0 Å². The van der Waals surface area contributed by atoms with Crippen LogP contribution in [0.25, 0.3) is 15.7 Å². The normalized spacial score (nSPS) is 17.6. The van der Waals surface area contributed by atoms with Gasteiger partial charge < -0.3 is 5.21 Å². The van der Waals surface area contributed by atoms with E-state index >= 15 is 0 Å². The Hall–Kier alpha value is -1.61. The lowest BCUT2D eigenvalue weighted by Crippen LogP contribution is -1.95. The zero-order valence-corrected chi connectivity index (χ0v) is 12.5. The van der Waals surface area contributed by atoms with E-state index in [4.69, 9.17) is 0 Å². The van der Waals surface area contributed by atoms with E-state index < -0.39 is 0 Å². The van der Waals surface area contributed by atoms with Crippen molar-refractivity contribution in [3.8, 4) is 0 Å². The number of allylic oxidation sites excluding steroid dienone is 2. The van der Waals surface area contributed by atoms with Gasteiger partial charge in [-0.05, 0) is 43.2 Å². The highest BCUT2D eigenvalue weighted by Gasteiger charge is 2.24. The molecular formula is C17H19NOS. The third-order valence-corrected chi connectivity index (χ3v) is 5.06. The maximum Gasteiger partial charge on any atom is 0.0884 e. The summed E-state index contributed by atoms with van der Waals surface area (Å²) < 4.78 is 1.30. The number of rotatable bonds is 4. The Morgan fingerprint density at radius 2 is 2.10 bits per heavy atom. The second-order valence-corrected chi connectivity index (χ2v) is 6.36. The molecule has 1 aliphatic rings. The molecule has 20 heavy (non-hydrogen) atoms. The fourth-order valence-electron chi connectivity index (χ4n) is 2.89. The van der Waals surface area contributed by atoms with Crippen LogP contribution in [0.3, 0.4) is 0 Å². The summed E-state index contributed by atoms with van der Waals surface area (Å²) in [5.41, 5.74) is 3.54. The Morgan fingerprint density at radius 1 is 1.25 bits per heavy atom. The standard InChI is InChI=1S/C17H19NOS/c1-2-3-6-12-9-10-14(18-19)17(12)16-11-13-7-4-5-8-15(13)20-16/h4-5,7-8,11,19H,2-3,6,9-10H2,1H3/b18-14+. The highest BCUT2D eigenvalue weighted by Crippen LogP contribution is 2.39. The molecule has 0 saturated heterocycles. The van der Waals surface area contributed by atoms with Gasteiger partial charge in [0.25, 0.3) is 0 Å². The van der Waals surface area contributed by atoms with Gasteiger partial charge in [0.2, 0.25) is 0 Å². The van der Waals surface area contributed by atoms with E-state index in [0.717, 1.165) is 25.0 Å². The van der Waals surface area contributed by atoms with Gasteiger partial charge in [-0.2, -0.15) is 0 Å². The number of fused-ring (bicyclic) bond motifs is 1. The maximum absolute atomic E-state index is 9.27. The highest BCUT2D eigenvalue weighted by molar-refractivity contribution is 7.20. The largest absolute Gasteiger partial charge is 0.411 e.